The molecule has 0 amide bonds. The molecule has 8 aromatic carbocycles. The molecule has 11 aromatic rings. The van der Waals surface area contributed by atoms with Crippen molar-refractivity contribution in [1.29, 1.82) is 10.5 Å². The van der Waals surface area contributed by atoms with Crippen molar-refractivity contribution in [3.63, 3.8) is 0 Å². The Labute approximate surface area is 316 Å². The summed E-state index contributed by atoms with van der Waals surface area (Å²) in [5, 5.41) is 27.6. The molecule has 0 aliphatic rings. The van der Waals surface area contributed by atoms with E-state index in [0.717, 1.165) is 82.8 Å². The minimum Gasteiger partial charge on any atom is -0.308 e. The highest BCUT2D eigenvalue weighted by molar-refractivity contribution is 6.15. The zero-order valence-electron chi connectivity index (χ0n) is 29.5. The van der Waals surface area contributed by atoms with Gasteiger partial charge >= 0.3 is 0 Å². The molecule has 0 aliphatic heterocycles. The van der Waals surface area contributed by atoms with E-state index in [1.54, 1.807) is 0 Å². The summed E-state index contributed by atoms with van der Waals surface area (Å²) < 4.78 is 6.85. The Morgan fingerprint density at radius 3 is 1.38 bits per heavy atom. The molecule has 0 saturated heterocycles. The third kappa shape index (κ3) is 4.39. The first-order valence-electron chi connectivity index (χ1n) is 18.3. The maximum absolute atomic E-state index is 10.7. The van der Waals surface area contributed by atoms with Crippen LogP contribution in [0.1, 0.15) is 11.1 Å². The molecule has 11 rings (SSSR count). The summed E-state index contributed by atoms with van der Waals surface area (Å²) in [7, 11) is 0. The van der Waals surface area contributed by atoms with Crippen molar-refractivity contribution in [1.82, 2.24) is 13.7 Å². The Morgan fingerprint density at radius 2 is 0.800 bits per heavy atom. The lowest BCUT2D eigenvalue weighted by Gasteiger charge is -2.15. The van der Waals surface area contributed by atoms with Crippen molar-refractivity contribution in [2.75, 3.05) is 0 Å². The fourth-order valence-electron chi connectivity index (χ4n) is 8.81. The van der Waals surface area contributed by atoms with Crippen molar-refractivity contribution >= 4 is 65.4 Å². The number of rotatable bonds is 4. The first-order valence-corrected chi connectivity index (χ1v) is 18.3. The molecule has 5 heteroatoms. The van der Waals surface area contributed by atoms with Gasteiger partial charge in [-0.2, -0.15) is 10.5 Å². The number of nitriles is 2. The Balaban J connectivity index is 1.09. The predicted molar refractivity (Wildman–Crippen MR) is 224 cm³/mol. The van der Waals surface area contributed by atoms with Gasteiger partial charge < -0.3 is 13.7 Å². The van der Waals surface area contributed by atoms with Crippen LogP contribution >= 0.6 is 0 Å². The number of benzene rings is 8. The molecule has 0 saturated carbocycles. The van der Waals surface area contributed by atoms with Gasteiger partial charge in [0.2, 0.25) is 0 Å². The van der Waals surface area contributed by atoms with Gasteiger partial charge in [0.1, 0.15) is 6.07 Å². The predicted octanol–water partition coefficient (Wildman–Crippen LogP) is 12.4. The molecule has 0 N–H and O–H groups in total. The van der Waals surface area contributed by atoms with Crippen LogP contribution in [0.15, 0.2) is 176 Å². The maximum atomic E-state index is 10.7. The number of hydrogen-bond acceptors (Lipinski definition) is 2. The highest BCUT2D eigenvalue weighted by atomic mass is 15.1. The minimum absolute atomic E-state index is 0.592. The summed E-state index contributed by atoms with van der Waals surface area (Å²) >= 11 is 0. The number of nitrogens with zero attached hydrogens (tertiary/aromatic N) is 5. The van der Waals surface area contributed by atoms with Gasteiger partial charge in [-0.15, -0.1) is 0 Å². The zero-order valence-corrected chi connectivity index (χ0v) is 29.5. The molecule has 0 spiro atoms. The Kier molecular flexibility index (Phi) is 6.61. The van der Waals surface area contributed by atoms with Crippen LogP contribution in [0, 0.1) is 22.7 Å². The Hall–Kier alpha value is -7.86. The first-order chi connectivity index (χ1) is 27.2. The number of aromatic nitrogens is 3. The molecule has 55 heavy (non-hydrogen) atoms. The summed E-state index contributed by atoms with van der Waals surface area (Å²) in [4.78, 5) is 0. The van der Waals surface area contributed by atoms with E-state index >= 15 is 0 Å². The summed E-state index contributed by atoms with van der Waals surface area (Å²) in [5.41, 5.74) is 12.4. The molecular formula is C50H29N5. The van der Waals surface area contributed by atoms with Gasteiger partial charge in [0.05, 0.1) is 56.0 Å². The number of fused-ring (bicyclic) bond motifs is 9. The smallest absolute Gasteiger partial charge is 0.101 e. The average molecular weight is 700 g/mol. The molecule has 0 radical (unpaired) electrons. The number of para-hydroxylation sites is 6. The van der Waals surface area contributed by atoms with E-state index in [4.69, 9.17) is 0 Å². The highest BCUT2D eigenvalue weighted by Gasteiger charge is 2.21. The van der Waals surface area contributed by atoms with Crippen LogP contribution < -0.4 is 0 Å². The lowest BCUT2D eigenvalue weighted by Crippen LogP contribution is -2.01. The quantitative estimate of drug-likeness (QED) is 0.184. The van der Waals surface area contributed by atoms with Gasteiger partial charge in [0.25, 0.3) is 0 Å². The molecule has 0 fully saturated rings. The standard InChI is InChI=1S/C50H29N5/c51-30-33-11-9-16-42-40-14-3-5-18-44(40)53(49(33)42)35-25-23-32(24-26-35)37-28-27-36(29-34(37)31-52)54-45-19-6-4-15-41(45)43-17-10-22-48(50(43)54)55-46-20-7-1-12-38(46)39-13-2-8-21-47(39)55/h1-29H. The SMILES string of the molecule is N#Cc1cc(-n2c3ccccc3c3cccc(-n4c5ccccc5c5ccccc54)c32)ccc1-c1ccc(-n2c3ccccc3c3cccc(C#N)c32)cc1. The van der Waals surface area contributed by atoms with Gasteiger partial charge in [0, 0.05) is 43.7 Å². The molecule has 0 bridgehead atoms. The minimum atomic E-state index is 0.592. The molecule has 0 unspecified atom stereocenters. The summed E-state index contributed by atoms with van der Waals surface area (Å²) in [6.07, 6.45) is 0. The van der Waals surface area contributed by atoms with Crippen LogP contribution in [0.25, 0.3) is 93.6 Å². The van der Waals surface area contributed by atoms with E-state index in [9.17, 15) is 10.5 Å². The van der Waals surface area contributed by atoms with E-state index in [1.165, 1.54) is 10.8 Å². The van der Waals surface area contributed by atoms with E-state index in [2.05, 4.69) is 171 Å². The topological polar surface area (TPSA) is 62.4 Å². The fourth-order valence-corrected chi connectivity index (χ4v) is 8.81. The molecule has 5 nitrogen and oxygen atoms in total. The molecular weight excluding hydrogens is 671 g/mol. The second-order valence-electron chi connectivity index (χ2n) is 14.0. The Bertz CT molecular complexity index is 3400. The summed E-state index contributed by atoms with van der Waals surface area (Å²) in [6.45, 7) is 0. The molecule has 3 aromatic heterocycles. The maximum Gasteiger partial charge on any atom is 0.101 e. The second-order valence-corrected chi connectivity index (χ2v) is 14.0. The van der Waals surface area contributed by atoms with Gasteiger partial charge in [-0.05, 0) is 71.8 Å². The van der Waals surface area contributed by atoms with Crippen LogP contribution in [0.5, 0.6) is 0 Å². The van der Waals surface area contributed by atoms with Crippen LogP contribution in [-0.2, 0) is 0 Å². The number of hydrogen-bond donors (Lipinski definition) is 0. The Morgan fingerprint density at radius 1 is 0.345 bits per heavy atom. The van der Waals surface area contributed by atoms with Crippen LogP contribution in [0.2, 0.25) is 0 Å². The largest absolute Gasteiger partial charge is 0.308 e. The summed E-state index contributed by atoms with van der Waals surface area (Å²) in [5.74, 6) is 0. The van der Waals surface area contributed by atoms with Crippen molar-refractivity contribution in [2.45, 2.75) is 0 Å². The van der Waals surface area contributed by atoms with Crippen LogP contribution in [-0.4, -0.2) is 13.7 Å². The average Bonchev–Trinajstić information content (AvgIpc) is 3.90. The van der Waals surface area contributed by atoms with Gasteiger partial charge in [-0.25, -0.2) is 0 Å². The van der Waals surface area contributed by atoms with Crippen molar-refractivity contribution in [3.8, 4) is 40.3 Å². The lowest BCUT2D eigenvalue weighted by atomic mass is 9.99. The highest BCUT2D eigenvalue weighted by Crippen LogP contribution is 2.41. The third-order valence-corrected chi connectivity index (χ3v) is 11.1. The van der Waals surface area contributed by atoms with E-state index < -0.39 is 0 Å². The van der Waals surface area contributed by atoms with Crippen molar-refractivity contribution in [2.24, 2.45) is 0 Å². The monoisotopic (exact) mass is 699 g/mol. The first kappa shape index (κ1) is 30.7. The molecule has 0 aliphatic carbocycles. The fraction of sp³-hybridized carbons (Fsp3) is 0. The molecule has 254 valence electrons. The van der Waals surface area contributed by atoms with Crippen LogP contribution in [0.3, 0.4) is 0 Å². The van der Waals surface area contributed by atoms with Crippen LogP contribution in [0.4, 0.5) is 0 Å². The lowest BCUT2D eigenvalue weighted by molar-refractivity contribution is 1.13. The van der Waals surface area contributed by atoms with Crippen molar-refractivity contribution in [3.05, 3.63) is 187 Å². The van der Waals surface area contributed by atoms with E-state index in [1.807, 2.05) is 30.3 Å². The van der Waals surface area contributed by atoms with Gasteiger partial charge in [-0.3, -0.25) is 0 Å². The summed E-state index contributed by atoms with van der Waals surface area (Å²) in [6, 6.07) is 65.8. The third-order valence-electron chi connectivity index (χ3n) is 11.1. The zero-order chi connectivity index (χ0) is 36.6. The van der Waals surface area contributed by atoms with Gasteiger partial charge in [0.15, 0.2) is 0 Å². The van der Waals surface area contributed by atoms with Gasteiger partial charge in [-0.1, -0.05) is 115 Å². The second kappa shape index (κ2) is 11.8. The molecule has 0 atom stereocenters. The van der Waals surface area contributed by atoms with E-state index in [-0.39, 0.29) is 0 Å². The van der Waals surface area contributed by atoms with E-state index in [0.29, 0.717) is 11.1 Å². The van der Waals surface area contributed by atoms with Crippen molar-refractivity contribution < 1.29 is 0 Å². The molecule has 3 heterocycles. The normalized spacial score (nSPS) is 11.6.